The number of hydrogen-bond acceptors (Lipinski definition) is 3. The van der Waals surface area contributed by atoms with Crippen molar-refractivity contribution in [1.82, 2.24) is 5.32 Å². The molecule has 1 amide bonds. The molecular formula is C16H22FN3O. The minimum atomic E-state index is -0.236. The summed E-state index contributed by atoms with van der Waals surface area (Å²) >= 11 is 0. The van der Waals surface area contributed by atoms with Crippen LogP contribution >= 0.6 is 0 Å². The number of nitrogens with two attached hydrogens (primary N) is 1. The van der Waals surface area contributed by atoms with E-state index in [4.69, 9.17) is 5.73 Å². The molecule has 2 saturated heterocycles. The third kappa shape index (κ3) is 2.39. The Labute approximate surface area is 124 Å². The Balaban J connectivity index is 2.03. The van der Waals surface area contributed by atoms with Gasteiger partial charge in [0.1, 0.15) is 5.82 Å². The van der Waals surface area contributed by atoms with Gasteiger partial charge in [0.25, 0.3) is 0 Å². The van der Waals surface area contributed by atoms with Gasteiger partial charge in [0.05, 0.1) is 12.0 Å². The number of piperidine rings is 1. The van der Waals surface area contributed by atoms with Crippen LogP contribution in [-0.4, -0.2) is 25.0 Å². The third-order valence-corrected chi connectivity index (χ3v) is 4.71. The first kappa shape index (κ1) is 14.3. The van der Waals surface area contributed by atoms with E-state index in [-0.39, 0.29) is 29.7 Å². The third-order valence-electron chi connectivity index (χ3n) is 4.71. The Hall–Kier alpha value is -1.62. The lowest BCUT2D eigenvalue weighted by Gasteiger charge is -2.39. The van der Waals surface area contributed by atoms with Gasteiger partial charge in [-0.25, -0.2) is 4.39 Å². The van der Waals surface area contributed by atoms with Crippen LogP contribution < -0.4 is 16.0 Å². The molecule has 2 heterocycles. The maximum Gasteiger partial charge on any atom is 0.225 e. The standard InChI is InChI=1S/C16H22FN3O/c1-9-6-14(12(10(2)18)7-13(9)17)20-5-3-4-11-15(20)8-19-16(11)21/h6-7,10-11,15H,3-5,8,18H2,1-2H3,(H,19,21)/t10-,11?,15?/m0/s1. The monoisotopic (exact) mass is 291 g/mol. The SMILES string of the molecule is Cc1cc(N2CCCC3C(=O)NCC32)c([C@H](C)N)cc1F. The van der Waals surface area contributed by atoms with E-state index < -0.39 is 0 Å². The fraction of sp³-hybridized carbons (Fsp3) is 0.562. The van der Waals surface area contributed by atoms with Crippen molar-refractivity contribution in [3.05, 3.63) is 29.1 Å². The number of fused-ring (bicyclic) bond motifs is 1. The van der Waals surface area contributed by atoms with Gasteiger partial charge in [-0.2, -0.15) is 0 Å². The molecule has 21 heavy (non-hydrogen) atoms. The van der Waals surface area contributed by atoms with Crippen LogP contribution in [0.5, 0.6) is 0 Å². The zero-order chi connectivity index (χ0) is 15.1. The number of amides is 1. The van der Waals surface area contributed by atoms with Crippen molar-refractivity contribution in [3.63, 3.8) is 0 Å². The highest BCUT2D eigenvalue weighted by Gasteiger charge is 2.41. The van der Waals surface area contributed by atoms with Crippen molar-refractivity contribution in [1.29, 1.82) is 0 Å². The van der Waals surface area contributed by atoms with Crippen molar-refractivity contribution in [3.8, 4) is 0 Å². The second-order valence-electron chi connectivity index (χ2n) is 6.20. The number of hydrogen-bond donors (Lipinski definition) is 2. The molecule has 5 heteroatoms. The largest absolute Gasteiger partial charge is 0.366 e. The minimum Gasteiger partial charge on any atom is -0.366 e. The summed E-state index contributed by atoms with van der Waals surface area (Å²) in [7, 11) is 0. The molecule has 3 rings (SSSR count). The van der Waals surface area contributed by atoms with E-state index in [9.17, 15) is 9.18 Å². The van der Waals surface area contributed by atoms with Crippen LogP contribution in [0.4, 0.5) is 10.1 Å². The first-order valence-corrected chi connectivity index (χ1v) is 7.59. The van der Waals surface area contributed by atoms with Gasteiger partial charge in [0, 0.05) is 24.8 Å². The molecule has 3 atom stereocenters. The molecule has 0 saturated carbocycles. The van der Waals surface area contributed by atoms with Gasteiger partial charge in [0.15, 0.2) is 0 Å². The van der Waals surface area contributed by atoms with Crippen molar-refractivity contribution in [2.75, 3.05) is 18.0 Å². The first-order chi connectivity index (χ1) is 9.99. The highest BCUT2D eigenvalue weighted by Crippen LogP contribution is 2.36. The van der Waals surface area contributed by atoms with Crippen LogP contribution in [0.1, 0.15) is 36.9 Å². The molecule has 0 spiro atoms. The van der Waals surface area contributed by atoms with Crippen molar-refractivity contribution in [2.45, 2.75) is 38.8 Å². The van der Waals surface area contributed by atoms with Gasteiger partial charge >= 0.3 is 0 Å². The van der Waals surface area contributed by atoms with Gasteiger partial charge < -0.3 is 16.0 Å². The predicted octanol–water partition coefficient (Wildman–Crippen LogP) is 1.87. The smallest absolute Gasteiger partial charge is 0.225 e. The number of carbonyl (C=O) groups excluding carboxylic acids is 1. The Kier molecular flexibility index (Phi) is 3.61. The summed E-state index contributed by atoms with van der Waals surface area (Å²) in [5, 5.41) is 2.95. The molecule has 1 aromatic rings. The van der Waals surface area contributed by atoms with E-state index in [2.05, 4.69) is 10.2 Å². The number of nitrogens with zero attached hydrogens (tertiary/aromatic N) is 1. The zero-order valence-corrected chi connectivity index (χ0v) is 12.5. The van der Waals surface area contributed by atoms with Crippen molar-refractivity contribution in [2.24, 2.45) is 11.7 Å². The summed E-state index contributed by atoms with van der Waals surface area (Å²) in [5.41, 5.74) is 8.45. The predicted molar refractivity (Wildman–Crippen MR) is 80.6 cm³/mol. The fourth-order valence-corrected chi connectivity index (χ4v) is 3.55. The summed E-state index contributed by atoms with van der Waals surface area (Å²) < 4.78 is 13.9. The molecule has 0 bridgehead atoms. The lowest BCUT2D eigenvalue weighted by atomic mass is 9.89. The van der Waals surface area contributed by atoms with E-state index in [1.54, 1.807) is 13.0 Å². The molecule has 2 aliphatic rings. The normalized spacial score (nSPS) is 26.5. The highest BCUT2D eigenvalue weighted by atomic mass is 19.1. The summed E-state index contributed by atoms with van der Waals surface area (Å²) in [6.07, 6.45) is 1.91. The number of rotatable bonds is 2. The number of anilines is 1. The number of nitrogens with one attached hydrogen (secondary N) is 1. The average molecular weight is 291 g/mol. The van der Waals surface area contributed by atoms with Crippen LogP contribution in [0.2, 0.25) is 0 Å². The van der Waals surface area contributed by atoms with E-state index in [0.29, 0.717) is 12.1 Å². The second kappa shape index (κ2) is 5.30. The van der Waals surface area contributed by atoms with Gasteiger partial charge in [-0.15, -0.1) is 0 Å². The van der Waals surface area contributed by atoms with Gasteiger partial charge in [-0.1, -0.05) is 0 Å². The van der Waals surface area contributed by atoms with E-state index >= 15 is 0 Å². The Morgan fingerprint density at radius 1 is 1.48 bits per heavy atom. The summed E-state index contributed by atoms with van der Waals surface area (Å²) in [6, 6.07) is 3.34. The number of halogens is 1. The van der Waals surface area contributed by atoms with Crippen LogP contribution in [-0.2, 0) is 4.79 Å². The topological polar surface area (TPSA) is 58.4 Å². The Morgan fingerprint density at radius 2 is 2.24 bits per heavy atom. The number of aryl methyl sites for hydroxylation is 1. The Morgan fingerprint density at radius 3 is 2.95 bits per heavy atom. The van der Waals surface area contributed by atoms with Crippen LogP contribution in [0, 0.1) is 18.7 Å². The first-order valence-electron chi connectivity index (χ1n) is 7.59. The lowest BCUT2D eigenvalue weighted by Crippen LogP contribution is -2.46. The molecule has 0 radical (unpaired) electrons. The van der Waals surface area contributed by atoms with Crippen LogP contribution in [0.25, 0.3) is 0 Å². The lowest BCUT2D eigenvalue weighted by molar-refractivity contribution is -0.122. The average Bonchev–Trinajstić information content (AvgIpc) is 2.83. The molecule has 114 valence electrons. The number of carbonyl (C=O) groups is 1. The molecule has 1 aromatic carbocycles. The molecule has 2 aliphatic heterocycles. The Bertz CT molecular complexity index is 573. The zero-order valence-electron chi connectivity index (χ0n) is 12.5. The van der Waals surface area contributed by atoms with E-state index in [1.165, 1.54) is 0 Å². The van der Waals surface area contributed by atoms with E-state index in [1.807, 2.05) is 13.0 Å². The maximum atomic E-state index is 13.9. The van der Waals surface area contributed by atoms with Gasteiger partial charge in [-0.3, -0.25) is 4.79 Å². The molecule has 2 unspecified atom stereocenters. The van der Waals surface area contributed by atoms with Crippen molar-refractivity contribution >= 4 is 11.6 Å². The maximum absolute atomic E-state index is 13.9. The molecule has 4 nitrogen and oxygen atoms in total. The van der Waals surface area contributed by atoms with E-state index in [0.717, 1.165) is 30.6 Å². The summed E-state index contributed by atoms with van der Waals surface area (Å²) in [5.74, 6) is -0.0313. The van der Waals surface area contributed by atoms with Gasteiger partial charge in [-0.05, 0) is 49.9 Å². The quantitative estimate of drug-likeness (QED) is 0.874. The summed E-state index contributed by atoms with van der Waals surface area (Å²) in [4.78, 5) is 14.1. The molecule has 3 N–H and O–H groups in total. The van der Waals surface area contributed by atoms with Gasteiger partial charge in [0.2, 0.25) is 5.91 Å². The van der Waals surface area contributed by atoms with Crippen LogP contribution in [0.3, 0.4) is 0 Å². The molecule has 0 aromatic heterocycles. The summed E-state index contributed by atoms with van der Waals surface area (Å²) in [6.45, 7) is 5.19. The second-order valence-corrected chi connectivity index (χ2v) is 6.20. The van der Waals surface area contributed by atoms with Crippen molar-refractivity contribution < 1.29 is 9.18 Å². The minimum absolute atomic E-state index is 0.0463. The molecular weight excluding hydrogens is 269 g/mol. The highest BCUT2D eigenvalue weighted by molar-refractivity contribution is 5.83. The fourth-order valence-electron chi connectivity index (χ4n) is 3.55. The molecule has 2 fully saturated rings. The number of benzene rings is 1. The molecule has 0 aliphatic carbocycles. The van der Waals surface area contributed by atoms with Crippen LogP contribution in [0.15, 0.2) is 12.1 Å².